The van der Waals surface area contributed by atoms with E-state index in [2.05, 4.69) is 9.97 Å². The standard InChI is InChI=1S/C24H18N4O4S/c1-32-20-11-6-12-25-21(20)27-14-13-26-24(27)33(31)15-16-7-2-5-10-19(16)28-22(29)17-8-3-4-9-18(17)23(28)30/h2-14H,15H2,1H3. The molecule has 164 valence electrons. The molecule has 9 heteroatoms. The van der Waals surface area contributed by atoms with Gasteiger partial charge >= 0.3 is 0 Å². The second-order valence-electron chi connectivity index (χ2n) is 7.22. The maximum absolute atomic E-state index is 13.4. The number of fused-ring (bicyclic) bond motifs is 1. The molecule has 0 saturated carbocycles. The molecule has 0 spiro atoms. The maximum Gasteiger partial charge on any atom is 0.266 e. The summed E-state index contributed by atoms with van der Waals surface area (Å²) >= 11 is 0. The van der Waals surface area contributed by atoms with Crippen molar-refractivity contribution in [1.29, 1.82) is 0 Å². The number of hydrogen-bond donors (Lipinski definition) is 0. The van der Waals surface area contributed by atoms with Gasteiger partial charge in [0, 0.05) is 18.6 Å². The molecule has 8 nitrogen and oxygen atoms in total. The van der Waals surface area contributed by atoms with Crippen LogP contribution in [0.1, 0.15) is 26.3 Å². The molecule has 1 atom stereocenters. The van der Waals surface area contributed by atoms with Crippen LogP contribution in [-0.4, -0.2) is 37.7 Å². The van der Waals surface area contributed by atoms with Crippen molar-refractivity contribution in [2.24, 2.45) is 0 Å². The monoisotopic (exact) mass is 458 g/mol. The van der Waals surface area contributed by atoms with Crippen molar-refractivity contribution in [3.8, 4) is 11.6 Å². The highest BCUT2D eigenvalue weighted by molar-refractivity contribution is 7.84. The van der Waals surface area contributed by atoms with Crippen molar-refractivity contribution in [2.45, 2.75) is 10.9 Å². The van der Waals surface area contributed by atoms with E-state index in [1.807, 2.05) is 0 Å². The molecule has 1 unspecified atom stereocenters. The van der Waals surface area contributed by atoms with Crippen LogP contribution in [0.5, 0.6) is 5.75 Å². The number of nitrogens with zero attached hydrogens (tertiary/aromatic N) is 4. The fourth-order valence-electron chi connectivity index (χ4n) is 3.81. The van der Waals surface area contributed by atoms with E-state index < -0.39 is 22.6 Å². The molecule has 0 saturated heterocycles. The molecule has 0 radical (unpaired) electrons. The third-order valence-electron chi connectivity index (χ3n) is 5.32. The molecule has 0 bridgehead atoms. The van der Waals surface area contributed by atoms with Gasteiger partial charge in [-0.05, 0) is 35.9 Å². The van der Waals surface area contributed by atoms with Crippen LogP contribution < -0.4 is 9.64 Å². The lowest BCUT2D eigenvalue weighted by Gasteiger charge is -2.18. The van der Waals surface area contributed by atoms with E-state index in [9.17, 15) is 13.8 Å². The topological polar surface area (TPSA) is 94.4 Å². The number of rotatable bonds is 6. The molecule has 2 aromatic carbocycles. The predicted molar refractivity (Wildman–Crippen MR) is 122 cm³/mol. The minimum absolute atomic E-state index is 0.0513. The number of imidazole rings is 1. The molecule has 3 heterocycles. The summed E-state index contributed by atoms with van der Waals surface area (Å²) in [6.07, 6.45) is 4.81. The number of methoxy groups -OCH3 is 1. The number of carbonyl (C=O) groups excluding carboxylic acids is 2. The quantitative estimate of drug-likeness (QED) is 0.411. The first-order valence-corrected chi connectivity index (χ1v) is 11.4. The zero-order chi connectivity index (χ0) is 22.9. The average Bonchev–Trinajstić information content (AvgIpc) is 3.43. The second kappa shape index (κ2) is 8.44. The first-order chi connectivity index (χ1) is 16.1. The van der Waals surface area contributed by atoms with E-state index in [1.54, 1.807) is 77.6 Å². The van der Waals surface area contributed by atoms with E-state index in [1.165, 1.54) is 13.3 Å². The highest BCUT2D eigenvalue weighted by Crippen LogP contribution is 2.32. The molecule has 0 aliphatic carbocycles. The Kier molecular flexibility index (Phi) is 5.31. The molecular formula is C24H18N4O4S. The van der Waals surface area contributed by atoms with Crippen LogP contribution in [0.2, 0.25) is 0 Å². The third-order valence-corrected chi connectivity index (χ3v) is 6.61. The van der Waals surface area contributed by atoms with Gasteiger partial charge in [-0.25, -0.2) is 14.9 Å². The van der Waals surface area contributed by atoms with Crippen LogP contribution in [0.25, 0.3) is 5.82 Å². The van der Waals surface area contributed by atoms with Crippen molar-refractivity contribution in [2.75, 3.05) is 12.0 Å². The lowest BCUT2D eigenvalue weighted by molar-refractivity contribution is 0.0926. The van der Waals surface area contributed by atoms with Crippen LogP contribution in [0.3, 0.4) is 0 Å². The summed E-state index contributed by atoms with van der Waals surface area (Å²) in [5.74, 6) is 0.243. The van der Waals surface area contributed by atoms with Crippen molar-refractivity contribution in [3.63, 3.8) is 0 Å². The van der Waals surface area contributed by atoms with Gasteiger partial charge < -0.3 is 4.74 Å². The molecule has 0 N–H and O–H groups in total. The van der Waals surface area contributed by atoms with Gasteiger partial charge in [0.2, 0.25) is 5.16 Å². The summed E-state index contributed by atoms with van der Waals surface area (Å²) in [5, 5.41) is 0.282. The van der Waals surface area contributed by atoms with Crippen LogP contribution in [0.15, 0.2) is 84.4 Å². The fourth-order valence-corrected chi connectivity index (χ4v) is 5.01. The Morgan fingerprint density at radius 1 is 0.879 bits per heavy atom. The van der Waals surface area contributed by atoms with E-state index in [0.717, 1.165) is 4.90 Å². The summed E-state index contributed by atoms with van der Waals surface area (Å²) in [6, 6.07) is 17.2. The summed E-state index contributed by atoms with van der Waals surface area (Å²) in [5.41, 5.74) is 1.71. The zero-order valence-electron chi connectivity index (χ0n) is 17.5. The molecule has 2 aromatic heterocycles. The fraction of sp³-hybridized carbons (Fsp3) is 0.0833. The number of pyridine rings is 1. The van der Waals surface area contributed by atoms with Gasteiger partial charge in [0.25, 0.3) is 11.8 Å². The number of hydrogen-bond acceptors (Lipinski definition) is 6. The van der Waals surface area contributed by atoms with E-state index in [0.29, 0.717) is 33.9 Å². The van der Waals surface area contributed by atoms with Crippen LogP contribution in [0, 0.1) is 0 Å². The van der Waals surface area contributed by atoms with Crippen LogP contribution in [-0.2, 0) is 16.6 Å². The van der Waals surface area contributed by atoms with Gasteiger partial charge in [0.1, 0.15) is 0 Å². The smallest absolute Gasteiger partial charge is 0.266 e. The van der Waals surface area contributed by atoms with E-state index in [-0.39, 0.29) is 10.9 Å². The molecule has 5 rings (SSSR count). The molecule has 2 amide bonds. The Morgan fingerprint density at radius 2 is 1.58 bits per heavy atom. The van der Waals surface area contributed by atoms with Crippen molar-refractivity contribution in [1.82, 2.24) is 14.5 Å². The van der Waals surface area contributed by atoms with Crippen LogP contribution >= 0.6 is 0 Å². The lowest BCUT2D eigenvalue weighted by atomic mass is 10.1. The average molecular weight is 458 g/mol. The van der Waals surface area contributed by atoms with E-state index in [4.69, 9.17) is 4.74 Å². The molecule has 33 heavy (non-hydrogen) atoms. The van der Waals surface area contributed by atoms with Gasteiger partial charge in [-0.3, -0.25) is 18.4 Å². The number of ether oxygens (including phenoxy) is 1. The largest absolute Gasteiger partial charge is 0.493 e. The summed E-state index contributed by atoms with van der Waals surface area (Å²) in [7, 11) is -0.0676. The predicted octanol–water partition coefficient (Wildman–Crippen LogP) is 3.38. The van der Waals surface area contributed by atoms with Gasteiger partial charge in [-0.15, -0.1) is 0 Å². The Hall–Kier alpha value is -4.11. The number of imide groups is 1. The van der Waals surface area contributed by atoms with Gasteiger partial charge in [0.05, 0.1) is 40.5 Å². The normalized spacial score (nSPS) is 13.8. The third kappa shape index (κ3) is 3.52. The molecule has 1 aliphatic rings. The molecule has 4 aromatic rings. The van der Waals surface area contributed by atoms with E-state index >= 15 is 0 Å². The minimum atomic E-state index is -1.60. The second-order valence-corrected chi connectivity index (χ2v) is 8.56. The number of carbonyl (C=O) groups is 2. The minimum Gasteiger partial charge on any atom is -0.493 e. The maximum atomic E-state index is 13.4. The van der Waals surface area contributed by atoms with Crippen molar-refractivity contribution in [3.05, 3.63) is 95.9 Å². The SMILES string of the molecule is COc1cccnc1-n1ccnc1S(=O)Cc1ccccc1N1C(=O)c2ccccc2C1=O. The van der Waals surface area contributed by atoms with Crippen LogP contribution in [0.4, 0.5) is 5.69 Å². The summed E-state index contributed by atoms with van der Waals surface area (Å²) in [6.45, 7) is 0. The van der Waals surface area contributed by atoms with Gasteiger partial charge in [-0.1, -0.05) is 30.3 Å². The van der Waals surface area contributed by atoms with Crippen molar-refractivity contribution < 1.29 is 18.5 Å². The number of amides is 2. The highest BCUT2D eigenvalue weighted by atomic mass is 32.2. The Balaban J connectivity index is 1.49. The number of aromatic nitrogens is 3. The zero-order valence-corrected chi connectivity index (χ0v) is 18.4. The first-order valence-electron chi connectivity index (χ1n) is 10.1. The van der Waals surface area contributed by atoms with Crippen molar-refractivity contribution >= 4 is 28.3 Å². The Bertz CT molecular complexity index is 1380. The number of para-hydroxylation sites is 1. The summed E-state index contributed by atoms with van der Waals surface area (Å²) in [4.78, 5) is 35.7. The molecule has 0 fully saturated rings. The molecular weight excluding hydrogens is 440 g/mol. The number of benzene rings is 2. The highest BCUT2D eigenvalue weighted by Gasteiger charge is 2.37. The first kappa shape index (κ1) is 20.8. The lowest BCUT2D eigenvalue weighted by Crippen LogP contribution is -2.30. The number of anilines is 1. The summed E-state index contributed by atoms with van der Waals surface area (Å²) < 4.78 is 20.4. The Morgan fingerprint density at radius 3 is 2.30 bits per heavy atom. The molecule has 1 aliphatic heterocycles. The Labute approximate surface area is 191 Å². The van der Waals surface area contributed by atoms with Gasteiger partial charge in [-0.2, -0.15) is 0 Å². The van der Waals surface area contributed by atoms with Gasteiger partial charge in [0.15, 0.2) is 11.6 Å².